The van der Waals surface area contributed by atoms with E-state index in [0.29, 0.717) is 0 Å². The van der Waals surface area contributed by atoms with Gasteiger partial charge in [0.05, 0.1) is 0 Å². The monoisotopic (exact) mass is 199 g/mol. The minimum Gasteiger partial charge on any atom is -0.361 e. The summed E-state index contributed by atoms with van der Waals surface area (Å²) in [6, 6.07) is 1.27. The Kier molecular flexibility index (Phi) is 4.00. The third-order valence-corrected chi connectivity index (χ3v) is 3.86. The van der Waals surface area contributed by atoms with E-state index < -0.39 is 8.07 Å². The van der Waals surface area contributed by atoms with Crippen molar-refractivity contribution in [2.24, 2.45) is 0 Å². The van der Waals surface area contributed by atoms with Gasteiger partial charge in [-0.15, -0.1) is 0 Å². The highest BCUT2D eigenvalue weighted by molar-refractivity contribution is 6.76. The maximum Gasteiger partial charge on any atom is 0.118 e. The highest BCUT2D eigenvalue weighted by Gasteiger charge is 2.12. The number of rotatable bonds is 5. The summed E-state index contributed by atoms with van der Waals surface area (Å²) < 4.78 is 5.60. The largest absolute Gasteiger partial charge is 0.361 e. The second-order valence-electron chi connectivity index (χ2n) is 4.83. The summed E-state index contributed by atoms with van der Waals surface area (Å²) in [7, 11) is -0.896. The van der Waals surface area contributed by atoms with E-state index in [1.807, 2.05) is 0 Å². The van der Waals surface area contributed by atoms with Crippen LogP contribution in [0.5, 0.6) is 0 Å². The summed E-state index contributed by atoms with van der Waals surface area (Å²) in [6.45, 7) is 9.98. The van der Waals surface area contributed by atoms with Crippen molar-refractivity contribution in [3.63, 3.8) is 0 Å². The summed E-state index contributed by atoms with van der Waals surface area (Å²) in [4.78, 5) is 2.23. The first kappa shape index (κ1) is 10.8. The molecule has 0 aromatic carbocycles. The SMILES string of the molecule is C[Si](C)(C)CCOCN1C=CCC1. The van der Waals surface area contributed by atoms with Crippen LogP contribution in [0.25, 0.3) is 0 Å². The lowest BCUT2D eigenvalue weighted by atomic mass is 10.5. The van der Waals surface area contributed by atoms with Crippen LogP contribution < -0.4 is 0 Å². The predicted molar refractivity (Wildman–Crippen MR) is 59.4 cm³/mol. The summed E-state index contributed by atoms with van der Waals surface area (Å²) >= 11 is 0. The van der Waals surface area contributed by atoms with Gasteiger partial charge in [0.15, 0.2) is 0 Å². The Labute approximate surface area is 82.6 Å². The molecule has 3 heteroatoms. The molecule has 0 fully saturated rings. The molecular weight excluding hydrogens is 178 g/mol. The van der Waals surface area contributed by atoms with Crippen LogP contribution in [0.2, 0.25) is 25.7 Å². The molecule has 1 heterocycles. The van der Waals surface area contributed by atoms with Crippen molar-refractivity contribution in [1.29, 1.82) is 0 Å². The minimum absolute atomic E-state index is 0.779. The molecule has 13 heavy (non-hydrogen) atoms. The highest BCUT2D eigenvalue weighted by atomic mass is 28.3. The van der Waals surface area contributed by atoms with Gasteiger partial charge in [0.1, 0.15) is 6.73 Å². The normalized spacial score (nSPS) is 17.0. The van der Waals surface area contributed by atoms with Gasteiger partial charge in [-0.25, -0.2) is 0 Å². The van der Waals surface area contributed by atoms with E-state index in [4.69, 9.17) is 4.74 Å². The van der Waals surface area contributed by atoms with E-state index in [9.17, 15) is 0 Å². The molecule has 0 atom stereocenters. The average molecular weight is 199 g/mol. The molecule has 0 amide bonds. The lowest BCUT2D eigenvalue weighted by Crippen LogP contribution is -2.24. The second kappa shape index (κ2) is 4.82. The lowest BCUT2D eigenvalue weighted by Gasteiger charge is -2.18. The highest BCUT2D eigenvalue weighted by Crippen LogP contribution is 2.08. The zero-order chi connectivity index (χ0) is 9.73. The smallest absolute Gasteiger partial charge is 0.118 e. The molecule has 0 aromatic rings. The summed E-state index contributed by atoms with van der Waals surface area (Å²) in [5, 5.41) is 0. The molecule has 2 nitrogen and oxygen atoms in total. The first-order valence-corrected chi connectivity index (χ1v) is 8.77. The van der Waals surface area contributed by atoms with E-state index in [1.54, 1.807) is 0 Å². The number of nitrogens with zero attached hydrogens (tertiary/aromatic N) is 1. The molecule has 0 unspecified atom stereocenters. The molecule has 76 valence electrons. The molecule has 1 aliphatic rings. The minimum atomic E-state index is -0.896. The third kappa shape index (κ3) is 5.11. The van der Waals surface area contributed by atoms with Gasteiger partial charge in [-0.1, -0.05) is 25.7 Å². The van der Waals surface area contributed by atoms with E-state index in [1.165, 1.54) is 12.5 Å². The lowest BCUT2D eigenvalue weighted by molar-refractivity contribution is 0.0669. The second-order valence-corrected chi connectivity index (χ2v) is 10.5. The van der Waals surface area contributed by atoms with E-state index in [-0.39, 0.29) is 0 Å². The van der Waals surface area contributed by atoms with Crippen LogP contribution in [0.4, 0.5) is 0 Å². The molecule has 0 saturated carbocycles. The van der Waals surface area contributed by atoms with Crippen LogP contribution in [-0.2, 0) is 4.74 Å². The van der Waals surface area contributed by atoms with Crippen molar-refractivity contribution in [3.8, 4) is 0 Å². The van der Waals surface area contributed by atoms with Crippen LogP contribution in [-0.4, -0.2) is 32.9 Å². The number of hydrogen-bond donors (Lipinski definition) is 0. The van der Waals surface area contributed by atoms with Gasteiger partial charge >= 0.3 is 0 Å². The van der Waals surface area contributed by atoms with Gasteiger partial charge in [0, 0.05) is 21.2 Å². The van der Waals surface area contributed by atoms with Gasteiger partial charge in [0.2, 0.25) is 0 Å². The summed E-state index contributed by atoms with van der Waals surface area (Å²) in [6.07, 6.45) is 5.51. The van der Waals surface area contributed by atoms with Crippen LogP contribution >= 0.6 is 0 Å². The molecule has 0 radical (unpaired) electrons. The number of ether oxygens (including phenoxy) is 1. The average Bonchev–Trinajstić information content (AvgIpc) is 2.48. The topological polar surface area (TPSA) is 12.5 Å². The van der Waals surface area contributed by atoms with Crippen molar-refractivity contribution in [1.82, 2.24) is 4.90 Å². The molecule has 0 bridgehead atoms. The first-order chi connectivity index (χ1) is 6.08. The standard InChI is InChI=1S/C10H21NOSi/c1-13(2,3)9-8-12-10-11-6-4-5-7-11/h4,6H,5,7-10H2,1-3H3. The molecular formula is C10H21NOSi. The molecule has 0 aliphatic carbocycles. The molecule has 0 spiro atoms. The van der Waals surface area contributed by atoms with Crippen LogP contribution in [0, 0.1) is 0 Å². The summed E-state index contributed by atoms with van der Waals surface area (Å²) in [5.74, 6) is 0. The van der Waals surface area contributed by atoms with Crippen molar-refractivity contribution in [2.75, 3.05) is 19.9 Å². The van der Waals surface area contributed by atoms with E-state index >= 15 is 0 Å². The maximum absolute atomic E-state index is 5.60. The van der Waals surface area contributed by atoms with Crippen molar-refractivity contribution < 1.29 is 4.74 Å². The van der Waals surface area contributed by atoms with Gasteiger partial charge in [-0.2, -0.15) is 0 Å². The maximum atomic E-state index is 5.60. The van der Waals surface area contributed by atoms with Crippen molar-refractivity contribution in [2.45, 2.75) is 32.1 Å². The zero-order valence-corrected chi connectivity index (χ0v) is 10.0. The van der Waals surface area contributed by atoms with Crippen LogP contribution in [0.15, 0.2) is 12.3 Å². The Morgan fingerprint density at radius 3 is 2.69 bits per heavy atom. The fraction of sp³-hybridized carbons (Fsp3) is 0.800. The van der Waals surface area contributed by atoms with Gasteiger partial charge in [-0.3, -0.25) is 0 Å². The molecule has 1 aliphatic heterocycles. The summed E-state index contributed by atoms with van der Waals surface area (Å²) in [5.41, 5.74) is 0. The van der Waals surface area contributed by atoms with Gasteiger partial charge in [-0.05, 0) is 18.7 Å². The third-order valence-electron chi connectivity index (χ3n) is 2.15. The van der Waals surface area contributed by atoms with E-state index in [2.05, 4.69) is 36.8 Å². The van der Waals surface area contributed by atoms with E-state index in [0.717, 1.165) is 19.9 Å². The molecule has 0 saturated heterocycles. The Bertz CT molecular complexity index is 174. The fourth-order valence-corrected chi connectivity index (χ4v) is 1.96. The molecule has 1 rings (SSSR count). The van der Waals surface area contributed by atoms with Crippen LogP contribution in [0.1, 0.15) is 6.42 Å². The van der Waals surface area contributed by atoms with Gasteiger partial charge < -0.3 is 9.64 Å². The predicted octanol–water partition coefficient (Wildman–Crippen LogP) is 2.52. The Morgan fingerprint density at radius 2 is 2.15 bits per heavy atom. The van der Waals surface area contributed by atoms with Crippen molar-refractivity contribution >= 4 is 8.07 Å². The quantitative estimate of drug-likeness (QED) is 0.498. The number of hydrogen-bond acceptors (Lipinski definition) is 2. The Morgan fingerprint density at radius 1 is 1.38 bits per heavy atom. The fourth-order valence-electron chi connectivity index (χ4n) is 1.21. The van der Waals surface area contributed by atoms with Crippen molar-refractivity contribution in [3.05, 3.63) is 12.3 Å². The zero-order valence-electron chi connectivity index (χ0n) is 9.05. The Hall–Kier alpha value is -0.283. The van der Waals surface area contributed by atoms with Gasteiger partial charge in [0.25, 0.3) is 0 Å². The molecule has 0 N–H and O–H groups in total. The Balaban J connectivity index is 1.98. The van der Waals surface area contributed by atoms with Crippen LogP contribution in [0.3, 0.4) is 0 Å². The first-order valence-electron chi connectivity index (χ1n) is 5.06. The molecule has 0 aromatic heterocycles.